The lowest BCUT2D eigenvalue weighted by Crippen LogP contribution is -2.61. The van der Waals surface area contributed by atoms with Crippen LogP contribution in [0.3, 0.4) is 0 Å². The number of para-hydroxylation sites is 1. The van der Waals surface area contributed by atoms with Crippen molar-refractivity contribution in [3.8, 4) is 0 Å². The summed E-state index contributed by atoms with van der Waals surface area (Å²) < 4.78 is 0. The molecule has 3 rings (SSSR count). The minimum atomic E-state index is -1.39. The minimum absolute atomic E-state index is 0.0593. The number of carboxylic acid groups (broad SMARTS) is 1. The SMILES string of the molecule is CCC(C)C(NC(=O)C(NC(=O)C(N)Cc1c[nH]c2ccccc12)C(C)O)C(=O)NC(Cc1ccccc1)C(=O)O. The lowest BCUT2D eigenvalue weighted by Gasteiger charge is -2.29. The second kappa shape index (κ2) is 14.4. The summed E-state index contributed by atoms with van der Waals surface area (Å²) in [6.45, 7) is 4.91. The van der Waals surface area contributed by atoms with Gasteiger partial charge in [0.2, 0.25) is 17.7 Å². The number of rotatable bonds is 14. The number of carbonyl (C=O) groups excluding carboxylic acids is 3. The van der Waals surface area contributed by atoms with Gasteiger partial charge in [0.25, 0.3) is 0 Å². The molecular weight excluding hydrogens is 526 g/mol. The maximum Gasteiger partial charge on any atom is 0.326 e. The third kappa shape index (κ3) is 8.38. The number of hydrogen-bond acceptors (Lipinski definition) is 6. The van der Waals surface area contributed by atoms with Gasteiger partial charge in [-0.1, -0.05) is 68.8 Å². The number of fused-ring (bicyclic) bond motifs is 1. The molecule has 0 spiro atoms. The van der Waals surface area contributed by atoms with Crippen molar-refractivity contribution in [1.82, 2.24) is 20.9 Å². The van der Waals surface area contributed by atoms with Crippen LogP contribution in [0.1, 0.15) is 38.3 Å². The number of nitrogens with two attached hydrogens (primary N) is 1. The van der Waals surface area contributed by atoms with Gasteiger partial charge < -0.3 is 36.9 Å². The summed E-state index contributed by atoms with van der Waals surface area (Å²) >= 11 is 0. The average molecular weight is 566 g/mol. The van der Waals surface area contributed by atoms with Crippen LogP contribution in [0.4, 0.5) is 0 Å². The van der Waals surface area contributed by atoms with E-state index in [-0.39, 0.29) is 18.8 Å². The van der Waals surface area contributed by atoms with Crippen molar-refractivity contribution >= 4 is 34.6 Å². The fourth-order valence-electron chi connectivity index (χ4n) is 4.55. The molecule has 2 aromatic carbocycles. The number of aliphatic hydroxyl groups is 1. The van der Waals surface area contributed by atoms with Crippen molar-refractivity contribution in [2.75, 3.05) is 0 Å². The first-order valence-corrected chi connectivity index (χ1v) is 13.7. The molecule has 0 fully saturated rings. The Morgan fingerprint density at radius 3 is 2.10 bits per heavy atom. The van der Waals surface area contributed by atoms with Crippen LogP contribution in [0.2, 0.25) is 0 Å². The summed E-state index contributed by atoms with van der Waals surface area (Å²) in [6.07, 6.45) is 1.22. The molecule has 8 N–H and O–H groups in total. The first-order valence-electron chi connectivity index (χ1n) is 13.7. The Hall–Kier alpha value is -4.22. The van der Waals surface area contributed by atoms with Crippen molar-refractivity contribution in [3.63, 3.8) is 0 Å². The molecule has 6 atom stereocenters. The lowest BCUT2D eigenvalue weighted by atomic mass is 9.96. The van der Waals surface area contributed by atoms with Crippen LogP contribution in [-0.2, 0) is 32.0 Å². The number of aromatic amines is 1. The van der Waals surface area contributed by atoms with E-state index in [9.17, 15) is 29.4 Å². The number of benzene rings is 2. The summed E-state index contributed by atoms with van der Waals surface area (Å²) in [5.41, 5.74) is 8.62. The average Bonchev–Trinajstić information content (AvgIpc) is 3.36. The largest absolute Gasteiger partial charge is 0.480 e. The molecule has 11 heteroatoms. The molecule has 6 unspecified atom stereocenters. The predicted molar refractivity (Wildman–Crippen MR) is 155 cm³/mol. The molecule has 0 saturated carbocycles. The van der Waals surface area contributed by atoms with Crippen LogP contribution in [-0.4, -0.2) is 69.2 Å². The van der Waals surface area contributed by atoms with Gasteiger partial charge in [0.05, 0.1) is 12.1 Å². The molecule has 41 heavy (non-hydrogen) atoms. The number of aliphatic carboxylic acids is 1. The molecule has 0 aliphatic rings. The van der Waals surface area contributed by atoms with Gasteiger partial charge in [0.15, 0.2) is 0 Å². The molecule has 0 aliphatic heterocycles. The van der Waals surface area contributed by atoms with E-state index in [1.807, 2.05) is 31.2 Å². The highest BCUT2D eigenvalue weighted by Crippen LogP contribution is 2.19. The second-order valence-corrected chi connectivity index (χ2v) is 10.4. The molecule has 11 nitrogen and oxygen atoms in total. The zero-order chi connectivity index (χ0) is 30.1. The Morgan fingerprint density at radius 1 is 0.854 bits per heavy atom. The smallest absolute Gasteiger partial charge is 0.326 e. The number of carbonyl (C=O) groups is 4. The molecular formula is C30H39N5O6. The van der Waals surface area contributed by atoms with Crippen molar-refractivity contribution < 1.29 is 29.4 Å². The highest BCUT2D eigenvalue weighted by Gasteiger charge is 2.34. The van der Waals surface area contributed by atoms with Crippen molar-refractivity contribution in [3.05, 3.63) is 71.9 Å². The van der Waals surface area contributed by atoms with Crippen molar-refractivity contribution in [2.45, 2.75) is 70.3 Å². The van der Waals surface area contributed by atoms with Gasteiger partial charge in [0.1, 0.15) is 18.1 Å². The van der Waals surface area contributed by atoms with Crippen LogP contribution in [0, 0.1) is 5.92 Å². The predicted octanol–water partition coefficient (Wildman–Crippen LogP) is 1.25. The fourth-order valence-corrected chi connectivity index (χ4v) is 4.55. The fraction of sp³-hybridized carbons (Fsp3) is 0.400. The summed E-state index contributed by atoms with van der Waals surface area (Å²) in [6, 6.07) is 11.7. The van der Waals surface area contributed by atoms with E-state index < -0.39 is 54.0 Å². The van der Waals surface area contributed by atoms with Gasteiger partial charge in [-0.2, -0.15) is 0 Å². The summed E-state index contributed by atoms with van der Waals surface area (Å²) in [5, 5.41) is 28.6. The summed E-state index contributed by atoms with van der Waals surface area (Å²) in [5.74, 6) is -3.70. The molecule has 0 bridgehead atoms. The zero-order valence-electron chi connectivity index (χ0n) is 23.5. The molecule has 3 aromatic rings. The summed E-state index contributed by atoms with van der Waals surface area (Å²) in [4.78, 5) is 54.5. The number of carboxylic acids is 1. The molecule has 1 heterocycles. The molecule has 220 valence electrons. The third-order valence-corrected chi connectivity index (χ3v) is 7.20. The normalized spacial score (nSPS) is 15.6. The lowest BCUT2D eigenvalue weighted by molar-refractivity contribution is -0.142. The van der Waals surface area contributed by atoms with Gasteiger partial charge in [-0.15, -0.1) is 0 Å². The number of H-pyrrole nitrogens is 1. The topological polar surface area (TPSA) is 187 Å². The molecule has 0 aliphatic carbocycles. The minimum Gasteiger partial charge on any atom is -0.480 e. The summed E-state index contributed by atoms with van der Waals surface area (Å²) in [7, 11) is 0. The Labute approximate surface area is 238 Å². The Morgan fingerprint density at radius 2 is 1.46 bits per heavy atom. The van der Waals surface area contributed by atoms with Gasteiger partial charge in [-0.05, 0) is 36.5 Å². The van der Waals surface area contributed by atoms with E-state index in [4.69, 9.17) is 5.73 Å². The Bertz CT molecular complexity index is 1340. The first kappa shape index (κ1) is 31.3. The van der Waals surface area contributed by atoms with Crippen LogP contribution >= 0.6 is 0 Å². The van der Waals surface area contributed by atoms with Crippen LogP contribution in [0.5, 0.6) is 0 Å². The Kier molecular flexibility index (Phi) is 11.0. The quantitative estimate of drug-likeness (QED) is 0.153. The van der Waals surface area contributed by atoms with Crippen molar-refractivity contribution in [1.29, 1.82) is 0 Å². The zero-order valence-corrected chi connectivity index (χ0v) is 23.5. The maximum atomic E-state index is 13.3. The number of amides is 3. The maximum absolute atomic E-state index is 13.3. The third-order valence-electron chi connectivity index (χ3n) is 7.20. The van der Waals surface area contributed by atoms with Gasteiger partial charge in [-0.25, -0.2) is 4.79 Å². The van der Waals surface area contributed by atoms with E-state index in [1.54, 1.807) is 43.5 Å². The highest BCUT2D eigenvalue weighted by atomic mass is 16.4. The van der Waals surface area contributed by atoms with Crippen molar-refractivity contribution in [2.24, 2.45) is 11.7 Å². The number of hydrogen-bond donors (Lipinski definition) is 7. The second-order valence-electron chi connectivity index (χ2n) is 10.4. The molecule has 0 radical (unpaired) electrons. The standard InChI is InChI=1S/C30H39N5O6/c1-4-17(2)25(28(38)33-24(30(40)41)14-19-10-6-5-7-11-19)34-29(39)26(18(3)36)35-27(37)22(31)15-20-16-32-23-13-9-8-12-21(20)23/h5-13,16-18,22,24-26,32,36H,4,14-15,31H2,1-3H3,(H,33,38)(H,34,39)(H,35,37)(H,40,41). The molecule has 1 aromatic heterocycles. The number of aliphatic hydroxyl groups excluding tert-OH is 1. The number of nitrogens with one attached hydrogen (secondary N) is 4. The number of aromatic nitrogens is 1. The van der Waals surface area contributed by atoms with E-state index in [0.717, 1.165) is 22.0 Å². The first-order chi connectivity index (χ1) is 19.5. The van der Waals surface area contributed by atoms with Gasteiger partial charge in [-0.3, -0.25) is 14.4 Å². The van der Waals surface area contributed by atoms with Crippen LogP contribution in [0.15, 0.2) is 60.8 Å². The van der Waals surface area contributed by atoms with E-state index >= 15 is 0 Å². The van der Waals surface area contributed by atoms with Crippen LogP contribution in [0.25, 0.3) is 10.9 Å². The van der Waals surface area contributed by atoms with E-state index in [0.29, 0.717) is 6.42 Å². The Balaban J connectivity index is 1.68. The van der Waals surface area contributed by atoms with E-state index in [2.05, 4.69) is 20.9 Å². The monoisotopic (exact) mass is 565 g/mol. The molecule has 0 saturated heterocycles. The van der Waals surface area contributed by atoms with Crippen LogP contribution < -0.4 is 21.7 Å². The van der Waals surface area contributed by atoms with E-state index in [1.165, 1.54) is 6.92 Å². The highest BCUT2D eigenvalue weighted by molar-refractivity contribution is 5.95. The van der Waals surface area contributed by atoms with Gasteiger partial charge >= 0.3 is 5.97 Å². The molecule has 3 amide bonds. The van der Waals surface area contributed by atoms with Gasteiger partial charge in [0, 0.05) is 23.5 Å².